The molecule has 1 aromatic carbocycles. The van der Waals surface area contributed by atoms with Crippen LogP contribution in [0.5, 0.6) is 0 Å². The minimum atomic E-state index is -0.158. The lowest BCUT2D eigenvalue weighted by Gasteiger charge is -2.12. The molecule has 0 unspecified atom stereocenters. The van der Waals surface area contributed by atoms with Crippen molar-refractivity contribution in [3.05, 3.63) is 52.8 Å². The molecule has 2 N–H and O–H groups in total. The Hall–Kier alpha value is -2.44. The van der Waals surface area contributed by atoms with E-state index in [1.807, 2.05) is 37.3 Å². The van der Waals surface area contributed by atoms with Gasteiger partial charge < -0.3 is 15.2 Å². The molecule has 0 spiro atoms. The van der Waals surface area contributed by atoms with E-state index in [9.17, 15) is 4.79 Å². The van der Waals surface area contributed by atoms with Crippen LogP contribution >= 0.6 is 12.4 Å². The minimum absolute atomic E-state index is 0. The number of rotatable bonds is 6. The van der Waals surface area contributed by atoms with E-state index < -0.39 is 0 Å². The van der Waals surface area contributed by atoms with Crippen molar-refractivity contribution in [1.29, 1.82) is 0 Å². The maximum absolute atomic E-state index is 13.1. The smallest absolute Gasteiger partial charge is 0.259 e. The molecule has 1 fully saturated rings. The van der Waals surface area contributed by atoms with Gasteiger partial charge in [-0.1, -0.05) is 30.3 Å². The molecule has 3 aromatic rings. The second-order valence-electron chi connectivity index (χ2n) is 6.71. The summed E-state index contributed by atoms with van der Waals surface area (Å²) in [4.78, 5) is 17.6. The number of aromatic nitrogens is 2. The summed E-state index contributed by atoms with van der Waals surface area (Å²) in [6, 6.07) is 9.73. The summed E-state index contributed by atoms with van der Waals surface area (Å²) in [5.41, 5.74) is 4.48. The lowest BCUT2D eigenvalue weighted by atomic mass is 10.1. The molecule has 6 nitrogen and oxygen atoms in total. The number of hydrogen-bond donors (Lipinski definition) is 2. The van der Waals surface area contributed by atoms with Gasteiger partial charge in [0.2, 0.25) is 0 Å². The molecule has 1 aliphatic rings. The molecule has 0 saturated heterocycles. The monoisotopic (exact) mass is 386 g/mol. The predicted octanol–water partition coefficient (Wildman–Crippen LogP) is 4.19. The second kappa shape index (κ2) is 8.06. The Morgan fingerprint density at radius 3 is 2.81 bits per heavy atom. The summed E-state index contributed by atoms with van der Waals surface area (Å²) in [5, 5.41) is 11.0. The van der Waals surface area contributed by atoms with Crippen molar-refractivity contribution >= 4 is 35.1 Å². The van der Waals surface area contributed by atoms with E-state index >= 15 is 0 Å². The number of halogens is 1. The maximum atomic E-state index is 13.1. The Bertz CT molecular complexity index is 966. The van der Waals surface area contributed by atoms with Crippen LogP contribution in [-0.4, -0.2) is 22.6 Å². The summed E-state index contributed by atoms with van der Waals surface area (Å²) in [6.45, 7) is 5.47. The fourth-order valence-electron chi connectivity index (χ4n) is 3.13. The number of carbonyl (C=O) groups is 1. The first-order valence-electron chi connectivity index (χ1n) is 9.04. The zero-order valence-electron chi connectivity index (χ0n) is 15.4. The van der Waals surface area contributed by atoms with E-state index in [0.29, 0.717) is 34.8 Å². The van der Waals surface area contributed by atoms with Gasteiger partial charge in [-0.25, -0.2) is 4.98 Å². The van der Waals surface area contributed by atoms with Crippen LogP contribution in [-0.2, 0) is 6.54 Å². The summed E-state index contributed by atoms with van der Waals surface area (Å²) in [6.07, 6.45) is 2.22. The van der Waals surface area contributed by atoms with Gasteiger partial charge >= 0.3 is 0 Å². The van der Waals surface area contributed by atoms with Crippen LogP contribution in [0.4, 0.5) is 5.69 Å². The van der Waals surface area contributed by atoms with Gasteiger partial charge in [0.25, 0.3) is 11.6 Å². The highest BCUT2D eigenvalue weighted by atomic mass is 35.5. The normalized spacial score (nSPS) is 13.4. The number of nitrogens with zero attached hydrogens (tertiary/aromatic N) is 2. The summed E-state index contributed by atoms with van der Waals surface area (Å²) >= 11 is 0. The third kappa shape index (κ3) is 3.96. The van der Waals surface area contributed by atoms with E-state index in [2.05, 4.69) is 27.7 Å². The fourth-order valence-corrected chi connectivity index (χ4v) is 3.13. The lowest BCUT2D eigenvalue weighted by Crippen LogP contribution is -2.17. The molecule has 2 aromatic heterocycles. The molecule has 0 aliphatic heterocycles. The number of hydrogen-bond acceptors (Lipinski definition) is 5. The van der Waals surface area contributed by atoms with Crippen LogP contribution in [0.2, 0.25) is 0 Å². The highest BCUT2D eigenvalue weighted by molar-refractivity contribution is 6.12. The van der Waals surface area contributed by atoms with Crippen LogP contribution < -0.4 is 10.6 Å². The van der Waals surface area contributed by atoms with E-state index in [0.717, 1.165) is 36.3 Å². The van der Waals surface area contributed by atoms with Crippen molar-refractivity contribution in [2.75, 3.05) is 11.9 Å². The van der Waals surface area contributed by atoms with E-state index in [1.165, 1.54) is 0 Å². The van der Waals surface area contributed by atoms with E-state index in [4.69, 9.17) is 4.52 Å². The van der Waals surface area contributed by atoms with Gasteiger partial charge in [0.1, 0.15) is 0 Å². The number of benzene rings is 1. The SMILES string of the molecule is CCNCc1ccccc1NC(=O)c1cc(C2CC2)nc2onc(C)c12.Cl. The molecule has 27 heavy (non-hydrogen) atoms. The van der Waals surface area contributed by atoms with Crippen molar-refractivity contribution in [2.45, 2.75) is 39.2 Å². The molecular formula is C20H23ClN4O2. The summed E-state index contributed by atoms with van der Waals surface area (Å²) in [7, 11) is 0. The third-order valence-corrected chi connectivity index (χ3v) is 4.71. The number of amides is 1. The van der Waals surface area contributed by atoms with E-state index in [-0.39, 0.29) is 18.3 Å². The van der Waals surface area contributed by atoms with Gasteiger partial charge in [0.05, 0.1) is 16.6 Å². The molecule has 1 aliphatic carbocycles. The molecular weight excluding hydrogens is 364 g/mol. The quantitative estimate of drug-likeness (QED) is 0.663. The Morgan fingerprint density at radius 2 is 2.07 bits per heavy atom. The minimum Gasteiger partial charge on any atom is -0.336 e. The van der Waals surface area contributed by atoms with E-state index in [1.54, 1.807) is 0 Å². The zero-order valence-corrected chi connectivity index (χ0v) is 16.2. The number of aryl methyl sites for hydroxylation is 1. The largest absolute Gasteiger partial charge is 0.336 e. The molecule has 1 saturated carbocycles. The van der Waals surface area contributed by atoms with Crippen LogP contribution in [0.3, 0.4) is 0 Å². The molecule has 2 heterocycles. The molecule has 142 valence electrons. The summed E-state index contributed by atoms with van der Waals surface area (Å²) < 4.78 is 5.33. The van der Waals surface area contributed by atoms with Gasteiger partial charge in [0.15, 0.2) is 0 Å². The van der Waals surface area contributed by atoms with Crippen LogP contribution in [0, 0.1) is 6.92 Å². The average molecular weight is 387 g/mol. The number of para-hydroxylation sites is 1. The van der Waals surface area contributed by atoms with Gasteiger partial charge in [-0.05, 0) is 44.0 Å². The highest BCUT2D eigenvalue weighted by Crippen LogP contribution is 2.40. The first kappa shape index (κ1) is 19.3. The van der Waals surface area contributed by atoms with Gasteiger partial charge in [-0.3, -0.25) is 4.79 Å². The van der Waals surface area contributed by atoms with Crippen molar-refractivity contribution in [1.82, 2.24) is 15.5 Å². The number of fused-ring (bicyclic) bond motifs is 1. The average Bonchev–Trinajstić information content (AvgIpc) is 3.44. The number of pyridine rings is 1. The number of anilines is 1. The lowest BCUT2D eigenvalue weighted by molar-refractivity contribution is 0.102. The molecule has 7 heteroatoms. The van der Waals surface area contributed by atoms with Crippen LogP contribution in [0.15, 0.2) is 34.9 Å². The Morgan fingerprint density at radius 1 is 1.30 bits per heavy atom. The first-order chi connectivity index (χ1) is 12.7. The van der Waals surface area contributed by atoms with Crippen molar-refractivity contribution in [2.24, 2.45) is 0 Å². The molecule has 4 rings (SSSR count). The summed E-state index contributed by atoms with van der Waals surface area (Å²) in [5.74, 6) is 0.270. The standard InChI is InChI=1S/C20H22N4O2.ClH/c1-3-21-11-14-6-4-5-7-16(14)22-19(25)15-10-17(13-8-9-13)23-20-18(15)12(2)24-26-20;/h4-7,10,13,21H,3,8-9,11H2,1-2H3,(H,22,25);1H. The fraction of sp³-hybridized carbons (Fsp3) is 0.350. The van der Waals surface area contributed by atoms with Gasteiger partial charge in [-0.15, -0.1) is 12.4 Å². The first-order valence-corrected chi connectivity index (χ1v) is 9.04. The highest BCUT2D eigenvalue weighted by Gasteiger charge is 2.28. The van der Waals surface area contributed by atoms with Crippen LogP contribution in [0.1, 0.15) is 53.0 Å². The van der Waals surface area contributed by atoms with Gasteiger partial charge in [0, 0.05) is 23.8 Å². The maximum Gasteiger partial charge on any atom is 0.259 e. The third-order valence-electron chi connectivity index (χ3n) is 4.71. The molecule has 1 amide bonds. The van der Waals surface area contributed by atoms with Crippen LogP contribution in [0.25, 0.3) is 11.1 Å². The van der Waals surface area contributed by atoms with Crippen molar-refractivity contribution in [3.63, 3.8) is 0 Å². The van der Waals surface area contributed by atoms with Crippen molar-refractivity contribution in [3.8, 4) is 0 Å². The topological polar surface area (TPSA) is 80.0 Å². The molecule has 0 radical (unpaired) electrons. The Labute approximate surface area is 164 Å². The Kier molecular flexibility index (Phi) is 5.77. The van der Waals surface area contributed by atoms with Crippen molar-refractivity contribution < 1.29 is 9.32 Å². The molecule has 0 bridgehead atoms. The zero-order chi connectivity index (χ0) is 18.1. The van der Waals surface area contributed by atoms with Gasteiger partial charge in [-0.2, -0.15) is 0 Å². The molecule has 0 atom stereocenters. The second-order valence-corrected chi connectivity index (χ2v) is 6.71. The number of nitrogens with one attached hydrogen (secondary N) is 2. The number of carbonyl (C=O) groups excluding carboxylic acids is 1. The Balaban J connectivity index is 0.00000210. The predicted molar refractivity (Wildman–Crippen MR) is 108 cm³/mol.